The number of aromatic nitrogens is 1. The fourth-order valence-corrected chi connectivity index (χ4v) is 5.43. The molecule has 9 heteroatoms. The van der Waals surface area contributed by atoms with Crippen molar-refractivity contribution in [1.29, 1.82) is 0 Å². The van der Waals surface area contributed by atoms with E-state index in [4.69, 9.17) is 5.73 Å². The van der Waals surface area contributed by atoms with Gasteiger partial charge < -0.3 is 11.1 Å². The van der Waals surface area contributed by atoms with Crippen LogP contribution in [0.3, 0.4) is 0 Å². The Bertz CT molecular complexity index is 1490. The largest absolute Gasteiger partial charge is 0.368 e. The van der Waals surface area contributed by atoms with Crippen LogP contribution in [0.2, 0.25) is 0 Å². The number of hydrogen-bond donors (Lipinski definition) is 3. The van der Waals surface area contributed by atoms with Gasteiger partial charge in [0, 0.05) is 24.2 Å². The predicted octanol–water partition coefficient (Wildman–Crippen LogP) is 2.78. The SMILES string of the molecule is Cc1ccc(S(=O)(=O)NC(C(=O)N[C@@H](Cc2ccccc2)C(N)=O)c2ccncc2)c2ccccc12. The Labute approximate surface area is 209 Å². The molecule has 0 radical (unpaired) electrons. The second-order valence-electron chi connectivity index (χ2n) is 8.41. The van der Waals surface area contributed by atoms with Gasteiger partial charge in [0.05, 0.1) is 4.90 Å². The monoisotopic (exact) mass is 502 g/mol. The third-order valence-electron chi connectivity index (χ3n) is 5.91. The van der Waals surface area contributed by atoms with E-state index in [2.05, 4.69) is 15.0 Å². The molecule has 0 bridgehead atoms. The Hall–Kier alpha value is -4.08. The number of aryl methyl sites for hydroxylation is 1. The molecule has 3 aromatic carbocycles. The average Bonchev–Trinajstić information content (AvgIpc) is 2.88. The van der Waals surface area contributed by atoms with Gasteiger partial charge >= 0.3 is 0 Å². The number of nitrogens with two attached hydrogens (primary N) is 1. The average molecular weight is 503 g/mol. The Kier molecular flexibility index (Phi) is 7.42. The van der Waals surface area contributed by atoms with Crippen LogP contribution < -0.4 is 15.8 Å². The number of fused-ring (bicyclic) bond motifs is 1. The number of hydrogen-bond acceptors (Lipinski definition) is 5. The first-order valence-electron chi connectivity index (χ1n) is 11.3. The molecular weight excluding hydrogens is 476 g/mol. The summed E-state index contributed by atoms with van der Waals surface area (Å²) in [6.07, 6.45) is 3.09. The van der Waals surface area contributed by atoms with Gasteiger partial charge in [-0.25, -0.2) is 8.42 Å². The van der Waals surface area contributed by atoms with Crippen LogP contribution in [0.25, 0.3) is 10.8 Å². The van der Waals surface area contributed by atoms with Crippen molar-refractivity contribution in [3.8, 4) is 0 Å². The van der Waals surface area contributed by atoms with Crippen LogP contribution in [0.5, 0.6) is 0 Å². The Morgan fingerprint density at radius 3 is 2.19 bits per heavy atom. The predicted molar refractivity (Wildman–Crippen MR) is 137 cm³/mol. The van der Waals surface area contributed by atoms with E-state index in [1.807, 2.05) is 49.4 Å². The minimum atomic E-state index is -4.16. The maximum atomic E-state index is 13.6. The lowest BCUT2D eigenvalue weighted by atomic mass is 10.0. The van der Waals surface area contributed by atoms with E-state index in [0.717, 1.165) is 16.5 Å². The zero-order valence-corrected chi connectivity index (χ0v) is 20.4. The highest BCUT2D eigenvalue weighted by molar-refractivity contribution is 7.89. The summed E-state index contributed by atoms with van der Waals surface area (Å²) in [5.41, 5.74) is 7.66. The van der Waals surface area contributed by atoms with Crippen molar-refractivity contribution in [2.45, 2.75) is 30.3 Å². The highest BCUT2D eigenvalue weighted by Gasteiger charge is 2.31. The van der Waals surface area contributed by atoms with Crippen LogP contribution in [0.4, 0.5) is 0 Å². The molecule has 0 aliphatic carbocycles. The zero-order valence-electron chi connectivity index (χ0n) is 19.6. The first-order chi connectivity index (χ1) is 17.3. The number of nitrogens with one attached hydrogen (secondary N) is 2. The van der Waals surface area contributed by atoms with Gasteiger partial charge in [0.15, 0.2) is 0 Å². The van der Waals surface area contributed by atoms with Crippen LogP contribution in [0.15, 0.2) is 96.2 Å². The van der Waals surface area contributed by atoms with Gasteiger partial charge in [0.2, 0.25) is 21.8 Å². The number of sulfonamides is 1. The second kappa shape index (κ2) is 10.7. The summed E-state index contributed by atoms with van der Waals surface area (Å²) in [6, 6.07) is 20.2. The van der Waals surface area contributed by atoms with Crippen molar-refractivity contribution in [2.75, 3.05) is 0 Å². The Morgan fingerprint density at radius 1 is 0.889 bits per heavy atom. The number of primary amides is 1. The Balaban J connectivity index is 1.67. The molecule has 2 amide bonds. The molecule has 0 fully saturated rings. The van der Waals surface area contributed by atoms with E-state index in [9.17, 15) is 18.0 Å². The molecule has 0 saturated heterocycles. The number of rotatable bonds is 9. The van der Waals surface area contributed by atoms with Gasteiger partial charge in [-0.05, 0) is 47.2 Å². The lowest BCUT2D eigenvalue weighted by Gasteiger charge is -2.23. The standard InChI is InChI=1S/C27H26N4O4S/c1-18-11-12-24(22-10-6-5-9-21(18)22)36(34,35)31-25(20-13-15-29-16-14-20)27(33)30-23(26(28)32)17-19-7-3-2-4-8-19/h2-16,23,25,31H,17H2,1H3,(H2,28,32)(H,30,33)/t23-,25?/m0/s1. The molecule has 4 rings (SSSR count). The van der Waals surface area contributed by atoms with Gasteiger partial charge in [-0.3, -0.25) is 14.6 Å². The van der Waals surface area contributed by atoms with Crippen LogP contribution in [-0.4, -0.2) is 31.3 Å². The molecule has 2 atom stereocenters. The maximum Gasteiger partial charge on any atom is 0.243 e. The van der Waals surface area contributed by atoms with E-state index in [1.165, 1.54) is 30.6 Å². The molecule has 1 aromatic heterocycles. The van der Waals surface area contributed by atoms with E-state index < -0.39 is 33.9 Å². The summed E-state index contributed by atoms with van der Waals surface area (Å²) in [5, 5.41) is 3.96. The fourth-order valence-electron chi connectivity index (χ4n) is 4.03. The molecule has 4 N–H and O–H groups in total. The Morgan fingerprint density at radius 2 is 1.53 bits per heavy atom. The molecule has 1 unspecified atom stereocenters. The summed E-state index contributed by atoms with van der Waals surface area (Å²) in [4.78, 5) is 29.6. The summed E-state index contributed by atoms with van der Waals surface area (Å²) in [6.45, 7) is 1.90. The lowest BCUT2D eigenvalue weighted by Crippen LogP contribution is -2.50. The van der Waals surface area contributed by atoms with Crippen LogP contribution in [-0.2, 0) is 26.0 Å². The normalized spacial score (nSPS) is 13.1. The first-order valence-corrected chi connectivity index (χ1v) is 12.8. The maximum absolute atomic E-state index is 13.6. The molecule has 0 aliphatic heterocycles. The molecule has 8 nitrogen and oxygen atoms in total. The molecule has 0 saturated carbocycles. The first kappa shape index (κ1) is 25.0. The van der Waals surface area contributed by atoms with E-state index in [0.29, 0.717) is 10.9 Å². The van der Waals surface area contributed by atoms with Gasteiger partial charge in [0.25, 0.3) is 0 Å². The zero-order chi connectivity index (χ0) is 25.7. The molecule has 4 aromatic rings. The van der Waals surface area contributed by atoms with Crippen molar-refractivity contribution in [3.63, 3.8) is 0 Å². The minimum absolute atomic E-state index is 0.0475. The third kappa shape index (κ3) is 5.59. The lowest BCUT2D eigenvalue weighted by molar-refractivity contribution is -0.128. The van der Waals surface area contributed by atoms with Crippen LogP contribution in [0, 0.1) is 6.92 Å². The quantitative estimate of drug-likeness (QED) is 0.324. The molecule has 184 valence electrons. The van der Waals surface area contributed by atoms with Crippen LogP contribution >= 0.6 is 0 Å². The van der Waals surface area contributed by atoms with Gasteiger partial charge in [-0.2, -0.15) is 4.72 Å². The third-order valence-corrected chi connectivity index (χ3v) is 7.39. The summed E-state index contributed by atoms with van der Waals surface area (Å²) < 4.78 is 29.6. The topological polar surface area (TPSA) is 131 Å². The number of benzene rings is 3. The summed E-state index contributed by atoms with van der Waals surface area (Å²) in [7, 11) is -4.16. The van der Waals surface area contributed by atoms with Crippen molar-refractivity contribution in [3.05, 3.63) is 108 Å². The fraction of sp³-hybridized carbons (Fsp3) is 0.148. The number of amides is 2. The van der Waals surface area contributed by atoms with Crippen molar-refractivity contribution in [1.82, 2.24) is 15.0 Å². The second-order valence-corrected chi connectivity index (χ2v) is 10.1. The van der Waals surface area contributed by atoms with Gasteiger partial charge in [0.1, 0.15) is 12.1 Å². The summed E-state index contributed by atoms with van der Waals surface area (Å²) >= 11 is 0. The van der Waals surface area contributed by atoms with E-state index >= 15 is 0 Å². The molecule has 0 spiro atoms. The molecular formula is C27H26N4O4S. The van der Waals surface area contributed by atoms with Crippen molar-refractivity contribution in [2.24, 2.45) is 5.73 Å². The van der Waals surface area contributed by atoms with Gasteiger partial charge in [-0.15, -0.1) is 0 Å². The highest BCUT2D eigenvalue weighted by atomic mass is 32.2. The number of carbonyl (C=O) groups is 2. The smallest absolute Gasteiger partial charge is 0.243 e. The molecule has 36 heavy (non-hydrogen) atoms. The molecule has 0 aliphatic rings. The van der Waals surface area contributed by atoms with Crippen molar-refractivity contribution >= 4 is 32.6 Å². The van der Waals surface area contributed by atoms with E-state index in [1.54, 1.807) is 18.2 Å². The minimum Gasteiger partial charge on any atom is -0.368 e. The van der Waals surface area contributed by atoms with Crippen LogP contribution in [0.1, 0.15) is 22.7 Å². The molecule has 1 heterocycles. The number of nitrogens with zero attached hydrogens (tertiary/aromatic N) is 1. The van der Waals surface area contributed by atoms with Crippen molar-refractivity contribution < 1.29 is 18.0 Å². The van der Waals surface area contributed by atoms with E-state index in [-0.39, 0.29) is 11.3 Å². The van der Waals surface area contributed by atoms with Gasteiger partial charge in [-0.1, -0.05) is 60.7 Å². The highest BCUT2D eigenvalue weighted by Crippen LogP contribution is 2.27. The number of pyridine rings is 1. The summed E-state index contributed by atoms with van der Waals surface area (Å²) in [5.74, 6) is -1.44. The number of carbonyl (C=O) groups excluding carboxylic acids is 2.